The van der Waals surface area contributed by atoms with Crippen molar-refractivity contribution in [3.8, 4) is 0 Å². The van der Waals surface area contributed by atoms with Crippen molar-refractivity contribution in [3.63, 3.8) is 0 Å². The summed E-state index contributed by atoms with van der Waals surface area (Å²) < 4.78 is 26.8. The molecule has 0 spiro atoms. The van der Waals surface area contributed by atoms with Crippen LogP contribution in [0.25, 0.3) is 0 Å². The van der Waals surface area contributed by atoms with E-state index in [0.29, 0.717) is 17.3 Å². The average Bonchev–Trinajstić information content (AvgIpc) is 2.35. The number of nitrogens with one attached hydrogen (secondary N) is 1. The van der Waals surface area contributed by atoms with Gasteiger partial charge in [-0.2, -0.15) is 0 Å². The second kappa shape index (κ2) is 5.58. The summed E-state index contributed by atoms with van der Waals surface area (Å²) in [6.07, 6.45) is 0. The molecule has 104 valence electrons. The topological polar surface area (TPSA) is 55.1 Å². The lowest BCUT2D eigenvalue weighted by Crippen LogP contribution is -2.16. The number of halogens is 3. The fourth-order valence-corrected chi connectivity index (χ4v) is 2.15. The van der Waals surface area contributed by atoms with Crippen LogP contribution < -0.4 is 11.1 Å². The lowest BCUT2D eigenvalue weighted by atomic mass is 10.1. The molecule has 3 nitrogen and oxygen atoms in total. The highest BCUT2D eigenvalue weighted by atomic mass is 79.9. The molecule has 6 heteroatoms. The summed E-state index contributed by atoms with van der Waals surface area (Å²) in [4.78, 5) is 12.1. The molecule has 20 heavy (non-hydrogen) atoms. The Morgan fingerprint density at radius 3 is 2.60 bits per heavy atom. The van der Waals surface area contributed by atoms with Gasteiger partial charge in [0.2, 0.25) is 0 Å². The number of nitrogens with two attached hydrogens (primary N) is 1. The quantitative estimate of drug-likeness (QED) is 0.644. The summed E-state index contributed by atoms with van der Waals surface area (Å²) in [5.74, 6) is -2.14. The summed E-state index contributed by atoms with van der Waals surface area (Å²) in [5.41, 5.74) is 6.86. The summed E-state index contributed by atoms with van der Waals surface area (Å²) in [6.45, 7) is 1.72. The minimum Gasteiger partial charge on any atom is -0.398 e. The maximum absolute atomic E-state index is 13.6. The number of carbonyl (C=O) groups excluding carboxylic acids is 1. The van der Waals surface area contributed by atoms with E-state index >= 15 is 0 Å². The van der Waals surface area contributed by atoms with Gasteiger partial charge in [-0.3, -0.25) is 4.79 Å². The highest BCUT2D eigenvalue weighted by molar-refractivity contribution is 9.10. The van der Waals surface area contributed by atoms with Gasteiger partial charge in [-0.25, -0.2) is 8.78 Å². The Morgan fingerprint density at radius 2 is 1.95 bits per heavy atom. The molecular formula is C14H11BrF2N2O. The number of rotatable bonds is 2. The minimum atomic E-state index is -0.855. The predicted molar refractivity (Wildman–Crippen MR) is 77.6 cm³/mol. The number of aryl methyl sites for hydroxylation is 1. The molecule has 0 saturated carbocycles. The maximum Gasteiger partial charge on any atom is 0.258 e. The van der Waals surface area contributed by atoms with Crippen LogP contribution in [0.5, 0.6) is 0 Å². The first-order chi connectivity index (χ1) is 9.40. The Bertz CT molecular complexity index is 669. The van der Waals surface area contributed by atoms with Crippen LogP contribution in [0.2, 0.25) is 0 Å². The first kappa shape index (κ1) is 14.5. The van der Waals surface area contributed by atoms with E-state index in [4.69, 9.17) is 5.73 Å². The fraction of sp³-hybridized carbons (Fsp3) is 0.0714. The lowest BCUT2D eigenvalue weighted by Gasteiger charge is -2.11. The summed E-state index contributed by atoms with van der Waals surface area (Å²) in [5, 5.41) is 2.39. The molecule has 0 bridgehead atoms. The monoisotopic (exact) mass is 340 g/mol. The third-order valence-corrected chi connectivity index (χ3v) is 3.40. The van der Waals surface area contributed by atoms with Crippen LogP contribution in [0.1, 0.15) is 15.9 Å². The molecule has 0 fully saturated rings. The van der Waals surface area contributed by atoms with Crippen molar-refractivity contribution in [2.75, 3.05) is 11.1 Å². The third kappa shape index (κ3) is 2.80. The standard InChI is InChI=1S/C14H11BrF2N2O/c1-7-3-2-4-11(18)13(7)14(20)19-12-5-8(15)9(16)6-10(12)17/h2-6H,18H2,1H3,(H,19,20). The summed E-state index contributed by atoms with van der Waals surface area (Å²) in [6, 6.07) is 6.88. The molecule has 2 aromatic rings. The number of carbonyl (C=O) groups is 1. The van der Waals surface area contributed by atoms with Crippen molar-refractivity contribution < 1.29 is 13.6 Å². The van der Waals surface area contributed by atoms with Crippen molar-refractivity contribution in [1.82, 2.24) is 0 Å². The van der Waals surface area contributed by atoms with E-state index < -0.39 is 17.5 Å². The van der Waals surface area contributed by atoms with Gasteiger partial charge in [0.25, 0.3) is 5.91 Å². The van der Waals surface area contributed by atoms with Crippen molar-refractivity contribution in [2.45, 2.75) is 6.92 Å². The molecular weight excluding hydrogens is 330 g/mol. The van der Waals surface area contributed by atoms with Crippen LogP contribution in [0, 0.1) is 18.6 Å². The molecule has 0 heterocycles. The third-order valence-electron chi connectivity index (χ3n) is 2.79. The van der Waals surface area contributed by atoms with Crippen molar-refractivity contribution in [2.24, 2.45) is 0 Å². The van der Waals surface area contributed by atoms with Crippen LogP contribution in [0.4, 0.5) is 20.2 Å². The number of hydrogen-bond donors (Lipinski definition) is 2. The first-order valence-corrected chi connectivity index (χ1v) is 6.50. The van der Waals surface area contributed by atoms with Crippen LogP contribution in [0.3, 0.4) is 0 Å². The van der Waals surface area contributed by atoms with Gasteiger partial charge in [-0.15, -0.1) is 0 Å². The van der Waals surface area contributed by atoms with E-state index in [1.165, 1.54) is 0 Å². The van der Waals surface area contributed by atoms with Crippen LogP contribution >= 0.6 is 15.9 Å². The zero-order chi connectivity index (χ0) is 14.9. The Hall–Kier alpha value is -1.95. The van der Waals surface area contributed by atoms with Crippen LogP contribution in [0.15, 0.2) is 34.8 Å². The summed E-state index contributed by atoms with van der Waals surface area (Å²) >= 11 is 2.94. The lowest BCUT2D eigenvalue weighted by molar-refractivity contribution is 0.102. The SMILES string of the molecule is Cc1cccc(N)c1C(=O)Nc1cc(Br)c(F)cc1F. The molecule has 2 aromatic carbocycles. The molecule has 0 unspecified atom stereocenters. The van der Waals surface area contributed by atoms with Crippen molar-refractivity contribution in [3.05, 3.63) is 57.6 Å². The number of hydrogen-bond acceptors (Lipinski definition) is 2. The number of amides is 1. The van der Waals surface area contributed by atoms with E-state index in [-0.39, 0.29) is 15.7 Å². The van der Waals surface area contributed by atoms with Gasteiger partial charge in [0.15, 0.2) is 0 Å². The smallest absolute Gasteiger partial charge is 0.258 e. The van der Waals surface area contributed by atoms with E-state index in [0.717, 1.165) is 6.07 Å². The van der Waals surface area contributed by atoms with E-state index in [1.807, 2.05) is 0 Å². The molecule has 0 aliphatic heterocycles. The highest BCUT2D eigenvalue weighted by Gasteiger charge is 2.16. The van der Waals surface area contributed by atoms with E-state index in [2.05, 4.69) is 21.2 Å². The van der Waals surface area contributed by atoms with Crippen LogP contribution in [-0.4, -0.2) is 5.91 Å². The van der Waals surface area contributed by atoms with Gasteiger partial charge in [-0.1, -0.05) is 12.1 Å². The Labute approximate surface area is 122 Å². The van der Waals surface area contributed by atoms with E-state index in [1.54, 1.807) is 25.1 Å². The highest BCUT2D eigenvalue weighted by Crippen LogP contribution is 2.25. The minimum absolute atomic E-state index is 0.0620. The number of benzene rings is 2. The largest absolute Gasteiger partial charge is 0.398 e. The molecule has 0 atom stereocenters. The fourth-order valence-electron chi connectivity index (χ4n) is 1.80. The Kier molecular flexibility index (Phi) is 4.04. The Balaban J connectivity index is 2.35. The maximum atomic E-state index is 13.6. The number of anilines is 2. The average molecular weight is 341 g/mol. The normalized spacial score (nSPS) is 10.4. The van der Waals surface area contributed by atoms with Gasteiger partial charge in [0.05, 0.1) is 15.7 Å². The van der Waals surface area contributed by atoms with Crippen LogP contribution in [-0.2, 0) is 0 Å². The summed E-state index contributed by atoms with van der Waals surface area (Å²) in [7, 11) is 0. The first-order valence-electron chi connectivity index (χ1n) is 5.71. The predicted octanol–water partition coefficient (Wildman–Crippen LogP) is 3.87. The van der Waals surface area contributed by atoms with Gasteiger partial charge in [0, 0.05) is 11.8 Å². The Morgan fingerprint density at radius 1 is 1.25 bits per heavy atom. The molecule has 2 rings (SSSR count). The van der Waals surface area contributed by atoms with Gasteiger partial charge < -0.3 is 11.1 Å². The molecule has 0 aromatic heterocycles. The van der Waals surface area contributed by atoms with Gasteiger partial charge >= 0.3 is 0 Å². The molecule has 0 radical (unpaired) electrons. The van der Waals surface area contributed by atoms with Crippen molar-refractivity contribution in [1.29, 1.82) is 0 Å². The molecule has 0 saturated heterocycles. The van der Waals surface area contributed by atoms with Crippen molar-refractivity contribution >= 4 is 33.2 Å². The van der Waals surface area contributed by atoms with E-state index in [9.17, 15) is 13.6 Å². The second-order valence-electron chi connectivity index (χ2n) is 4.24. The second-order valence-corrected chi connectivity index (χ2v) is 5.09. The number of nitrogen functional groups attached to an aromatic ring is 1. The van der Waals surface area contributed by atoms with Gasteiger partial charge in [-0.05, 0) is 40.5 Å². The zero-order valence-electron chi connectivity index (χ0n) is 10.5. The molecule has 1 amide bonds. The molecule has 0 aliphatic carbocycles. The zero-order valence-corrected chi connectivity index (χ0v) is 12.1. The molecule has 3 N–H and O–H groups in total. The van der Waals surface area contributed by atoms with Gasteiger partial charge in [0.1, 0.15) is 11.6 Å². The molecule has 0 aliphatic rings.